The highest BCUT2D eigenvalue weighted by Crippen LogP contribution is 2.32. The standard InChI is InChI=1S/C10H13F3N2O/c1-6-4-7(15(2)3)5-8(14-6)9(16)10(11,12)13/h4-5,9,16H,1-3H3. The molecule has 0 aliphatic heterocycles. The van der Waals surface area contributed by atoms with Crippen molar-refractivity contribution in [2.45, 2.75) is 19.2 Å². The number of aromatic nitrogens is 1. The van der Waals surface area contributed by atoms with Crippen LogP contribution in [-0.2, 0) is 0 Å². The molecule has 1 atom stereocenters. The van der Waals surface area contributed by atoms with Crippen LogP contribution in [0.2, 0.25) is 0 Å². The van der Waals surface area contributed by atoms with Crippen molar-refractivity contribution in [3.8, 4) is 0 Å². The largest absolute Gasteiger partial charge is 0.420 e. The molecule has 0 bridgehead atoms. The van der Waals surface area contributed by atoms with Gasteiger partial charge in [-0.05, 0) is 19.1 Å². The first-order chi connectivity index (χ1) is 7.21. The number of aliphatic hydroxyl groups excluding tert-OH is 1. The Labute approximate surface area is 91.5 Å². The Balaban J connectivity index is 3.15. The van der Waals surface area contributed by atoms with Crippen molar-refractivity contribution in [3.63, 3.8) is 0 Å². The Morgan fingerprint density at radius 1 is 1.31 bits per heavy atom. The fraction of sp³-hybridized carbons (Fsp3) is 0.500. The molecule has 1 unspecified atom stereocenters. The lowest BCUT2D eigenvalue weighted by Crippen LogP contribution is -2.22. The van der Waals surface area contributed by atoms with Crippen molar-refractivity contribution in [3.05, 3.63) is 23.5 Å². The summed E-state index contributed by atoms with van der Waals surface area (Å²) in [6, 6.07) is 2.87. The maximum atomic E-state index is 12.3. The summed E-state index contributed by atoms with van der Waals surface area (Å²) in [5, 5.41) is 9.08. The number of halogens is 3. The van der Waals surface area contributed by atoms with Gasteiger partial charge in [0, 0.05) is 25.5 Å². The zero-order chi connectivity index (χ0) is 12.5. The van der Waals surface area contributed by atoms with E-state index in [4.69, 9.17) is 5.11 Å². The minimum absolute atomic E-state index is 0.379. The van der Waals surface area contributed by atoms with E-state index in [2.05, 4.69) is 4.98 Å². The van der Waals surface area contributed by atoms with Crippen molar-refractivity contribution >= 4 is 5.69 Å². The number of hydrogen-bond acceptors (Lipinski definition) is 3. The van der Waals surface area contributed by atoms with E-state index >= 15 is 0 Å². The minimum atomic E-state index is -4.69. The molecule has 0 aliphatic carbocycles. The lowest BCUT2D eigenvalue weighted by atomic mass is 10.2. The van der Waals surface area contributed by atoms with Crippen molar-refractivity contribution < 1.29 is 18.3 Å². The van der Waals surface area contributed by atoms with E-state index in [9.17, 15) is 13.2 Å². The third kappa shape index (κ3) is 2.85. The summed E-state index contributed by atoms with van der Waals surface area (Å²) in [7, 11) is 3.41. The van der Waals surface area contributed by atoms with Crippen LogP contribution >= 0.6 is 0 Å². The van der Waals surface area contributed by atoms with E-state index in [1.54, 1.807) is 32.0 Å². The number of anilines is 1. The molecular formula is C10H13F3N2O. The summed E-state index contributed by atoms with van der Waals surface area (Å²) in [5.41, 5.74) is 0.631. The molecule has 0 radical (unpaired) electrons. The van der Waals surface area contributed by atoms with Gasteiger partial charge in [0.1, 0.15) is 0 Å². The highest BCUT2D eigenvalue weighted by atomic mass is 19.4. The van der Waals surface area contributed by atoms with Gasteiger partial charge in [0.25, 0.3) is 0 Å². The van der Waals surface area contributed by atoms with Crippen LogP contribution in [0.15, 0.2) is 12.1 Å². The molecule has 90 valence electrons. The van der Waals surface area contributed by atoms with Gasteiger partial charge in [-0.1, -0.05) is 0 Å². The van der Waals surface area contributed by atoms with Crippen LogP contribution in [0, 0.1) is 6.92 Å². The van der Waals surface area contributed by atoms with Gasteiger partial charge in [0.05, 0.1) is 5.69 Å². The molecule has 1 aromatic rings. The van der Waals surface area contributed by atoms with E-state index in [0.29, 0.717) is 11.4 Å². The first kappa shape index (κ1) is 12.8. The molecule has 1 heterocycles. The quantitative estimate of drug-likeness (QED) is 0.850. The molecule has 16 heavy (non-hydrogen) atoms. The predicted octanol–water partition coefficient (Wildman–Crippen LogP) is 2.05. The van der Waals surface area contributed by atoms with Gasteiger partial charge in [-0.15, -0.1) is 0 Å². The molecule has 1 aromatic heterocycles. The Morgan fingerprint density at radius 3 is 2.31 bits per heavy atom. The van der Waals surface area contributed by atoms with Crippen LogP contribution in [0.4, 0.5) is 18.9 Å². The van der Waals surface area contributed by atoms with Gasteiger partial charge in [-0.3, -0.25) is 4.98 Å². The SMILES string of the molecule is Cc1cc(N(C)C)cc(C(O)C(F)(F)F)n1. The number of rotatable bonds is 2. The molecule has 0 saturated heterocycles. The van der Waals surface area contributed by atoms with Gasteiger partial charge >= 0.3 is 6.18 Å². The number of alkyl halides is 3. The van der Waals surface area contributed by atoms with Crippen LogP contribution in [-0.4, -0.2) is 30.4 Å². The van der Waals surface area contributed by atoms with Gasteiger partial charge in [-0.25, -0.2) is 0 Å². The van der Waals surface area contributed by atoms with Gasteiger partial charge in [0.2, 0.25) is 0 Å². The van der Waals surface area contributed by atoms with Crippen LogP contribution in [0.1, 0.15) is 17.5 Å². The molecule has 0 aliphatic rings. The molecule has 0 fully saturated rings. The molecule has 0 aromatic carbocycles. The number of pyridine rings is 1. The Kier molecular flexibility index (Phi) is 3.42. The first-order valence-corrected chi connectivity index (χ1v) is 4.62. The fourth-order valence-corrected chi connectivity index (χ4v) is 1.24. The third-order valence-electron chi connectivity index (χ3n) is 2.06. The molecular weight excluding hydrogens is 221 g/mol. The van der Waals surface area contributed by atoms with Crippen molar-refractivity contribution in [2.75, 3.05) is 19.0 Å². The molecule has 3 nitrogen and oxygen atoms in total. The monoisotopic (exact) mass is 234 g/mol. The second-order valence-electron chi connectivity index (χ2n) is 3.73. The van der Waals surface area contributed by atoms with Gasteiger partial charge in [0.15, 0.2) is 6.10 Å². The lowest BCUT2D eigenvalue weighted by Gasteiger charge is -2.18. The second-order valence-corrected chi connectivity index (χ2v) is 3.73. The van der Waals surface area contributed by atoms with E-state index in [1.807, 2.05) is 0 Å². The lowest BCUT2D eigenvalue weighted by molar-refractivity contribution is -0.207. The fourth-order valence-electron chi connectivity index (χ4n) is 1.24. The summed E-state index contributed by atoms with van der Waals surface area (Å²) < 4.78 is 36.9. The summed E-state index contributed by atoms with van der Waals surface area (Å²) in [4.78, 5) is 5.34. The smallest absolute Gasteiger partial charge is 0.378 e. The van der Waals surface area contributed by atoms with Crippen molar-refractivity contribution in [1.29, 1.82) is 0 Å². The van der Waals surface area contributed by atoms with E-state index in [1.165, 1.54) is 6.07 Å². The summed E-state index contributed by atoms with van der Waals surface area (Å²) in [6.07, 6.45) is -7.23. The second kappa shape index (κ2) is 4.29. The Morgan fingerprint density at radius 2 is 1.88 bits per heavy atom. The maximum Gasteiger partial charge on any atom is 0.420 e. The molecule has 0 saturated carbocycles. The zero-order valence-electron chi connectivity index (χ0n) is 9.21. The van der Waals surface area contributed by atoms with E-state index in [0.717, 1.165) is 0 Å². The minimum Gasteiger partial charge on any atom is -0.378 e. The van der Waals surface area contributed by atoms with Crippen LogP contribution < -0.4 is 4.90 Å². The van der Waals surface area contributed by atoms with Crippen molar-refractivity contribution in [2.24, 2.45) is 0 Å². The molecule has 1 N–H and O–H groups in total. The zero-order valence-corrected chi connectivity index (χ0v) is 9.21. The van der Waals surface area contributed by atoms with Crippen LogP contribution in [0.25, 0.3) is 0 Å². The van der Waals surface area contributed by atoms with Crippen molar-refractivity contribution in [1.82, 2.24) is 4.98 Å². The number of aliphatic hydroxyl groups is 1. The third-order valence-corrected chi connectivity index (χ3v) is 2.06. The molecule has 1 rings (SSSR count). The number of hydrogen-bond donors (Lipinski definition) is 1. The number of nitrogens with zero attached hydrogens (tertiary/aromatic N) is 2. The normalized spacial score (nSPS) is 13.7. The Hall–Kier alpha value is -1.30. The van der Waals surface area contributed by atoms with Crippen LogP contribution in [0.3, 0.4) is 0 Å². The summed E-state index contributed by atoms with van der Waals surface area (Å²) >= 11 is 0. The van der Waals surface area contributed by atoms with Gasteiger partial charge < -0.3 is 10.0 Å². The molecule has 0 amide bonds. The number of aryl methyl sites for hydroxylation is 1. The highest BCUT2D eigenvalue weighted by molar-refractivity contribution is 5.47. The maximum absolute atomic E-state index is 12.3. The summed E-state index contributed by atoms with van der Waals surface area (Å²) in [6.45, 7) is 1.58. The topological polar surface area (TPSA) is 36.4 Å². The molecule has 0 spiro atoms. The Bertz CT molecular complexity index is 377. The van der Waals surface area contributed by atoms with Gasteiger partial charge in [-0.2, -0.15) is 13.2 Å². The predicted molar refractivity (Wildman–Crippen MR) is 54.3 cm³/mol. The van der Waals surface area contributed by atoms with Crippen LogP contribution in [0.5, 0.6) is 0 Å². The average Bonchev–Trinajstić information content (AvgIpc) is 2.14. The van der Waals surface area contributed by atoms with E-state index < -0.39 is 12.3 Å². The first-order valence-electron chi connectivity index (χ1n) is 4.62. The average molecular weight is 234 g/mol. The van der Waals surface area contributed by atoms with E-state index in [-0.39, 0.29) is 5.69 Å². The highest BCUT2D eigenvalue weighted by Gasteiger charge is 2.40. The summed E-state index contributed by atoms with van der Waals surface area (Å²) in [5.74, 6) is 0. The molecule has 6 heteroatoms.